The third kappa shape index (κ3) is 2.98. The fraction of sp³-hybridized carbons (Fsp3) is 0.467. The van der Waals surface area contributed by atoms with Gasteiger partial charge in [-0.15, -0.1) is 11.6 Å². The second-order valence-corrected chi connectivity index (χ2v) is 5.89. The van der Waals surface area contributed by atoms with Gasteiger partial charge >= 0.3 is 0 Å². The summed E-state index contributed by atoms with van der Waals surface area (Å²) in [4.78, 5) is 0. The number of aromatic nitrogens is 2. The molecule has 0 spiro atoms. The zero-order chi connectivity index (χ0) is 13.1. The molecule has 19 heavy (non-hydrogen) atoms. The molecule has 4 heteroatoms. The number of halogens is 1. The van der Waals surface area contributed by atoms with Crippen molar-refractivity contribution in [3.05, 3.63) is 30.5 Å². The molecule has 0 aliphatic heterocycles. The minimum atomic E-state index is 0.389. The first-order valence-electron chi connectivity index (χ1n) is 6.91. The molecule has 2 aromatic rings. The van der Waals surface area contributed by atoms with Gasteiger partial charge in [-0.05, 0) is 37.7 Å². The van der Waals surface area contributed by atoms with Gasteiger partial charge in [-0.1, -0.05) is 18.2 Å². The van der Waals surface area contributed by atoms with E-state index in [4.69, 9.17) is 11.6 Å². The van der Waals surface area contributed by atoms with Gasteiger partial charge in [0.1, 0.15) is 0 Å². The Morgan fingerprint density at radius 2 is 1.95 bits per heavy atom. The molecule has 1 fully saturated rings. The van der Waals surface area contributed by atoms with E-state index in [1.165, 1.54) is 12.8 Å². The molecular formula is C15H18ClN3. The zero-order valence-corrected chi connectivity index (χ0v) is 11.6. The van der Waals surface area contributed by atoms with Crippen LogP contribution in [0.1, 0.15) is 25.7 Å². The molecule has 1 N–H and O–H groups in total. The summed E-state index contributed by atoms with van der Waals surface area (Å²) in [5.74, 6) is 0.724. The highest BCUT2D eigenvalue weighted by atomic mass is 35.5. The maximum Gasteiger partial charge on any atom is 0.0950 e. The van der Waals surface area contributed by atoms with Gasteiger partial charge in [-0.2, -0.15) is 10.2 Å². The van der Waals surface area contributed by atoms with Gasteiger partial charge in [-0.25, -0.2) is 0 Å². The fourth-order valence-corrected chi connectivity index (χ4v) is 2.98. The van der Waals surface area contributed by atoms with Crippen molar-refractivity contribution in [1.82, 2.24) is 10.2 Å². The molecule has 0 amide bonds. The summed E-state index contributed by atoms with van der Waals surface area (Å²) in [5, 5.41) is 13.3. The van der Waals surface area contributed by atoms with Crippen molar-refractivity contribution in [3.8, 4) is 0 Å². The molecule has 1 heterocycles. The molecule has 1 aliphatic rings. The molecule has 1 aromatic heterocycles. The highest BCUT2D eigenvalue weighted by Crippen LogP contribution is 2.28. The van der Waals surface area contributed by atoms with Crippen LogP contribution in [0.5, 0.6) is 0 Å². The van der Waals surface area contributed by atoms with Crippen LogP contribution in [0.3, 0.4) is 0 Å². The number of hydrogen-bond acceptors (Lipinski definition) is 3. The van der Waals surface area contributed by atoms with Crippen LogP contribution in [-0.4, -0.2) is 22.1 Å². The molecule has 1 saturated carbocycles. The zero-order valence-electron chi connectivity index (χ0n) is 10.8. The number of benzene rings is 1. The van der Waals surface area contributed by atoms with Gasteiger partial charge in [-0.3, -0.25) is 0 Å². The first kappa shape index (κ1) is 12.7. The van der Waals surface area contributed by atoms with Crippen LogP contribution in [0.25, 0.3) is 10.9 Å². The SMILES string of the molecule is ClC1CCC(CNc2cnnc3ccccc23)CC1. The molecule has 0 bridgehead atoms. The van der Waals surface area contributed by atoms with Gasteiger partial charge in [0.15, 0.2) is 0 Å². The topological polar surface area (TPSA) is 37.8 Å². The van der Waals surface area contributed by atoms with E-state index in [2.05, 4.69) is 21.6 Å². The summed E-state index contributed by atoms with van der Waals surface area (Å²) < 4.78 is 0. The minimum absolute atomic E-state index is 0.389. The van der Waals surface area contributed by atoms with Crippen molar-refractivity contribution < 1.29 is 0 Å². The van der Waals surface area contributed by atoms with Crippen LogP contribution in [0, 0.1) is 5.92 Å². The Morgan fingerprint density at radius 1 is 1.16 bits per heavy atom. The number of hydrogen-bond donors (Lipinski definition) is 1. The Morgan fingerprint density at radius 3 is 2.79 bits per heavy atom. The maximum absolute atomic E-state index is 6.14. The van der Waals surface area contributed by atoms with Crippen LogP contribution in [0.2, 0.25) is 0 Å². The average Bonchev–Trinajstić information content (AvgIpc) is 2.47. The van der Waals surface area contributed by atoms with E-state index >= 15 is 0 Å². The summed E-state index contributed by atoms with van der Waals surface area (Å²) in [6.07, 6.45) is 6.54. The van der Waals surface area contributed by atoms with E-state index in [0.717, 1.165) is 41.9 Å². The van der Waals surface area contributed by atoms with Crippen LogP contribution >= 0.6 is 11.6 Å². The number of fused-ring (bicyclic) bond motifs is 1. The molecule has 3 rings (SSSR count). The van der Waals surface area contributed by atoms with Crippen molar-refractivity contribution in [2.24, 2.45) is 5.92 Å². The monoisotopic (exact) mass is 275 g/mol. The van der Waals surface area contributed by atoms with Crippen LogP contribution < -0.4 is 5.32 Å². The highest BCUT2D eigenvalue weighted by molar-refractivity contribution is 6.20. The number of anilines is 1. The molecule has 1 aliphatic carbocycles. The largest absolute Gasteiger partial charge is 0.383 e. The van der Waals surface area contributed by atoms with E-state index in [-0.39, 0.29) is 0 Å². The van der Waals surface area contributed by atoms with E-state index in [0.29, 0.717) is 5.38 Å². The van der Waals surface area contributed by atoms with E-state index in [9.17, 15) is 0 Å². The summed E-state index contributed by atoms with van der Waals surface area (Å²) >= 11 is 6.14. The number of alkyl halides is 1. The predicted molar refractivity (Wildman–Crippen MR) is 79.6 cm³/mol. The fourth-order valence-electron chi connectivity index (χ4n) is 2.73. The van der Waals surface area contributed by atoms with Gasteiger partial charge in [0, 0.05) is 17.3 Å². The molecule has 3 nitrogen and oxygen atoms in total. The Hall–Kier alpha value is -1.35. The Bertz CT molecular complexity index is 545. The lowest BCUT2D eigenvalue weighted by Crippen LogP contribution is -2.21. The Labute approximate surface area is 118 Å². The lowest BCUT2D eigenvalue weighted by molar-refractivity contribution is 0.378. The van der Waals surface area contributed by atoms with Crippen LogP contribution in [0.4, 0.5) is 5.69 Å². The second-order valence-electron chi connectivity index (χ2n) is 5.27. The summed E-state index contributed by atoms with van der Waals surface area (Å²) in [7, 11) is 0. The first-order chi connectivity index (χ1) is 9.33. The lowest BCUT2D eigenvalue weighted by Gasteiger charge is -2.25. The average molecular weight is 276 g/mol. The van der Waals surface area contributed by atoms with Gasteiger partial charge < -0.3 is 5.32 Å². The maximum atomic E-state index is 6.14. The van der Waals surface area contributed by atoms with E-state index < -0.39 is 0 Å². The molecular weight excluding hydrogens is 258 g/mol. The quantitative estimate of drug-likeness (QED) is 0.865. The van der Waals surface area contributed by atoms with Crippen molar-refractivity contribution in [3.63, 3.8) is 0 Å². The van der Waals surface area contributed by atoms with E-state index in [1.54, 1.807) is 0 Å². The molecule has 0 saturated heterocycles. The summed E-state index contributed by atoms with van der Waals surface area (Å²) in [6, 6.07) is 8.10. The van der Waals surface area contributed by atoms with Gasteiger partial charge in [0.2, 0.25) is 0 Å². The Kier molecular flexibility index (Phi) is 3.83. The normalized spacial score (nSPS) is 23.4. The highest BCUT2D eigenvalue weighted by Gasteiger charge is 2.19. The Balaban J connectivity index is 1.68. The lowest BCUT2D eigenvalue weighted by atomic mass is 9.89. The van der Waals surface area contributed by atoms with Crippen molar-refractivity contribution in [2.45, 2.75) is 31.1 Å². The van der Waals surface area contributed by atoms with Crippen LogP contribution in [0.15, 0.2) is 30.5 Å². The van der Waals surface area contributed by atoms with Gasteiger partial charge in [0.05, 0.1) is 17.4 Å². The summed E-state index contributed by atoms with van der Waals surface area (Å²) in [6.45, 7) is 0.999. The number of nitrogens with one attached hydrogen (secondary N) is 1. The first-order valence-corrected chi connectivity index (χ1v) is 7.35. The summed E-state index contributed by atoms with van der Waals surface area (Å²) in [5.41, 5.74) is 2.02. The van der Waals surface area contributed by atoms with E-state index in [1.807, 2.05) is 24.4 Å². The minimum Gasteiger partial charge on any atom is -0.383 e. The van der Waals surface area contributed by atoms with Crippen LogP contribution in [-0.2, 0) is 0 Å². The van der Waals surface area contributed by atoms with Crippen molar-refractivity contribution in [2.75, 3.05) is 11.9 Å². The molecule has 1 aromatic carbocycles. The standard InChI is InChI=1S/C15H18ClN3/c16-12-7-5-11(6-8-12)9-17-15-10-18-19-14-4-2-1-3-13(14)15/h1-4,10-12H,5-9H2,(H,17,19). The third-order valence-electron chi connectivity index (χ3n) is 3.90. The predicted octanol–water partition coefficient (Wildman–Crippen LogP) is 3.84. The molecule has 0 atom stereocenters. The van der Waals surface area contributed by atoms with Crippen molar-refractivity contribution >= 4 is 28.2 Å². The second kappa shape index (κ2) is 5.74. The number of rotatable bonds is 3. The number of nitrogens with zero attached hydrogens (tertiary/aromatic N) is 2. The van der Waals surface area contributed by atoms with Crippen molar-refractivity contribution in [1.29, 1.82) is 0 Å². The molecule has 100 valence electrons. The third-order valence-corrected chi connectivity index (χ3v) is 4.34. The van der Waals surface area contributed by atoms with Gasteiger partial charge in [0.25, 0.3) is 0 Å². The molecule has 0 unspecified atom stereocenters. The molecule has 0 radical (unpaired) electrons. The smallest absolute Gasteiger partial charge is 0.0950 e.